The lowest BCUT2D eigenvalue weighted by Crippen LogP contribution is -2.26. The predicted molar refractivity (Wildman–Crippen MR) is 83.9 cm³/mol. The lowest BCUT2D eigenvalue weighted by molar-refractivity contribution is 0.846. The van der Waals surface area contributed by atoms with E-state index in [2.05, 4.69) is 48.1 Å². The van der Waals surface area contributed by atoms with E-state index in [0.717, 1.165) is 17.8 Å². The number of nitrogens with two attached hydrogens (primary N) is 1. The number of aromatic nitrogens is 2. The van der Waals surface area contributed by atoms with E-state index in [0.29, 0.717) is 18.4 Å². The zero-order valence-electron chi connectivity index (χ0n) is 12.4. The Labute approximate surface area is 120 Å². The van der Waals surface area contributed by atoms with Gasteiger partial charge < -0.3 is 10.6 Å². The van der Waals surface area contributed by atoms with Crippen LogP contribution >= 0.6 is 0 Å². The summed E-state index contributed by atoms with van der Waals surface area (Å²) < 4.78 is 0. The van der Waals surface area contributed by atoms with Gasteiger partial charge in [0.2, 0.25) is 5.95 Å². The Morgan fingerprint density at radius 1 is 1.15 bits per heavy atom. The molecule has 2 N–H and O–H groups in total. The Balaban J connectivity index is 2.26. The van der Waals surface area contributed by atoms with Crippen molar-refractivity contribution in [3.8, 4) is 11.3 Å². The fourth-order valence-corrected chi connectivity index (χ4v) is 2.03. The van der Waals surface area contributed by atoms with E-state index in [4.69, 9.17) is 5.73 Å². The minimum Gasteiger partial charge on any atom is -0.343 e. The molecule has 0 saturated carbocycles. The highest BCUT2D eigenvalue weighted by atomic mass is 15.2. The van der Waals surface area contributed by atoms with E-state index in [-0.39, 0.29) is 0 Å². The van der Waals surface area contributed by atoms with Gasteiger partial charge in [-0.1, -0.05) is 38.1 Å². The van der Waals surface area contributed by atoms with E-state index in [1.165, 1.54) is 5.56 Å². The van der Waals surface area contributed by atoms with Crippen LogP contribution in [0.3, 0.4) is 0 Å². The molecule has 0 saturated heterocycles. The highest BCUT2D eigenvalue weighted by Crippen LogP contribution is 2.22. The van der Waals surface area contributed by atoms with E-state index in [1.807, 2.05) is 18.0 Å². The minimum absolute atomic E-state index is 0.542. The van der Waals surface area contributed by atoms with E-state index >= 15 is 0 Å². The van der Waals surface area contributed by atoms with Crippen molar-refractivity contribution in [1.82, 2.24) is 9.97 Å². The van der Waals surface area contributed by atoms with Gasteiger partial charge in [-0.3, -0.25) is 0 Å². The first-order valence-electron chi connectivity index (χ1n) is 6.96. The third-order valence-electron chi connectivity index (χ3n) is 3.32. The summed E-state index contributed by atoms with van der Waals surface area (Å²) in [5, 5.41) is 0. The fraction of sp³-hybridized carbons (Fsp3) is 0.375. The quantitative estimate of drug-likeness (QED) is 0.907. The predicted octanol–water partition coefficient (Wildman–Crippen LogP) is 2.66. The average Bonchev–Trinajstić information content (AvgIpc) is 2.48. The standard InChI is InChI=1S/C16H22N4/c1-12(2)13-4-6-14(7-5-13)15-8-10-18-16(19-15)20(3)11-9-17/h4-8,10,12H,9,11,17H2,1-3H3. The van der Waals surface area contributed by atoms with Gasteiger partial charge in [-0.2, -0.15) is 0 Å². The molecule has 20 heavy (non-hydrogen) atoms. The largest absolute Gasteiger partial charge is 0.343 e. The number of rotatable bonds is 5. The van der Waals surface area contributed by atoms with Crippen molar-refractivity contribution in [2.24, 2.45) is 5.73 Å². The molecule has 0 unspecified atom stereocenters. The highest BCUT2D eigenvalue weighted by Gasteiger charge is 2.06. The lowest BCUT2D eigenvalue weighted by Gasteiger charge is -2.16. The Kier molecular flexibility index (Phi) is 4.69. The maximum Gasteiger partial charge on any atom is 0.225 e. The second kappa shape index (κ2) is 6.48. The number of hydrogen-bond acceptors (Lipinski definition) is 4. The molecule has 0 amide bonds. The maximum atomic E-state index is 5.56. The van der Waals surface area contributed by atoms with Crippen LogP contribution in [0.1, 0.15) is 25.3 Å². The zero-order chi connectivity index (χ0) is 14.5. The summed E-state index contributed by atoms with van der Waals surface area (Å²) in [6, 6.07) is 10.5. The molecule has 4 heteroatoms. The van der Waals surface area contributed by atoms with Gasteiger partial charge in [0.25, 0.3) is 0 Å². The highest BCUT2D eigenvalue weighted by molar-refractivity contribution is 5.60. The minimum atomic E-state index is 0.542. The second-order valence-corrected chi connectivity index (χ2v) is 5.23. The van der Waals surface area contributed by atoms with Crippen molar-refractivity contribution in [3.05, 3.63) is 42.1 Å². The normalized spacial score (nSPS) is 10.8. The summed E-state index contributed by atoms with van der Waals surface area (Å²) in [5.74, 6) is 1.25. The lowest BCUT2D eigenvalue weighted by atomic mass is 10.0. The summed E-state index contributed by atoms with van der Waals surface area (Å²) in [6.07, 6.45) is 1.79. The summed E-state index contributed by atoms with van der Waals surface area (Å²) in [5.41, 5.74) is 8.95. The van der Waals surface area contributed by atoms with Crippen LogP contribution < -0.4 is 10.6 Å². The summed E-state index contributed by atoms with van der Waals surface area (Å²) in [4.78, 5) is 10.8. The van der Waals surface area contributed by atoms with Gasteiger partial charge in [0.1, 0.15) is 0 Å². The third kappa shape index (κ3) is 3.33. The van der Waals surface area contributed by atoms with Gasteiger partial charge in [-0.25, -0.2) is 9.97 Å². The van der Waals surface area contributed by atoms with Crippen LogP contribution in [-0.2, 0) is 0 Å². The monoisotopic (exact) mass is 270 g/mol. The molecule has 1 aromatic heterocycles. The van der Waals surface area contributed by atoms with Crippen LogP contribution in [0.25, 0.3) is 11.3 Å². The summed E-state index contributed by atoms with van der Waals surface area (Å²) >= 11 is 0. The van der Waals surface area contributed by atoms with Gasteiger partial charge in [-0.05, 0) is 17.5 Å². The molecule has 0 atom stereocenters. The molecule has 4 nitrogen and oxygen atoms in total. The first-order chi connectivity index (χ1) is 9.61. The number of likely N-dealkylation sites (N-methyl/N-ethyl adjacent to an activating group) is 1. The van der Waals surface area contributed by atoms with Gasteiger partial charge in [0, 0.05) is 31.9 Å². The van der Waals surface area contributed by atoms with Crippen LogP contribution in [0.15, 0.2) is 36.5 Å². The number of anilines is 1. The Bertz CT molecular complexity index is 549. The number of hydrogen-bond donors (Lipinski definition) is 1. The van der Waals surface area contributed by atoms with Gasteiger partial charge >= 0.3 is 0 Å². The molecule has 0 fully saturated rings. The van der Waals surface area contributed by atoms with Crippen LogP contribution in [0, 0.1) is 0 Å². The molecule has 0 aliphatic rings. The Hall–Kier alpha value is -1.94. The molecule has 0 bridgehead atoms. The molecule has 2 aromatic rings. The molecule has 0 aliphatic heterocycles. The number of nitrogens with zero attached hydrogens (tertiary/aromatic N) is 3. The van der Waals surface area contributed by atoms with E-state index in [9.17, 15) is 0 Å². The smallest absolute Gasteiger partial charge is 0.225 e. The summed E-state index contributed by atoms with van der Waals surface area (Å²) in [6.45, 7) is 5.72. The van der Waals surface area contributed by atoms with Crippen LogP contribution in [0.2, 0.25) is 0 Å². The van der Waals surface area contributed by atoms with Crippen LogP contribution in [-0.4, -0.2) is 30.1 Å². The SMILES string of the molecule is CC(C)c1ccc(-c2ccnc(N(C)CCN)n2)cc1. The maximum absolute atomic E-state index is 5.56. The Morgan fingerprint density at radius 2 is 1.85 bits per heavy atom. The van der Waals surface area contributed by atoms with Gasteiger partial charge in [0.05, 0.1) is 5.69 Å². The molecule has 0 radical (unpaired) electrons. The Morgan fingerprint density at radius 3 is 2.45 bits per heavy atom. The molecule has 0 aliphatic carbocycles. The molecule has 2 rings (SSSR count). The van der Waals surface area contributed by atoms with Crippen molar-refractivity contribution in [2.45, 2.75) is 19.8 Å². The first kappa shape index (κ1) is 14.5. The molecule has 1 heterocycles. The van der Waals surface area contributed by atoms with E-state index in [1.54, 1.807) is 6.20 Å². The van der Waals surface area contributed by atoms with Crippen molar-refractivity contribution in [1.29, 1.82) is 0 Å². The molecular formula is C16H22N4. The second-order valence-electron chi connectivity index (χ2n) is 5.23. The van der Waals surface area contributed by atoms with Crippen molar-refractivity contribution >= 4 is 5.95 Å². The van der Waals surface area contributed by atoms with Crippen molar-refractivity contribution in [2.75, 3.05) is 25.0 Å². The zero-order valence-corrected chi connectivity index (χ0v) is 12.4. The average molecular weight is 270 g/mol. The molecule has 0 spiro atoms. The van der Waals surface area contributed by atoms with E-state index < -0.39 is 0 Å². The third-order valence-corrected chi connectivity index (χ3v) is 3.32. The van der Waals surface area contributed by atoms with Crippen LogP contribution in [0.5, 0.6) is 0 Å². The molecule has 1 aromatic carbocycles. The van der Waals surface area contributed by atoms with Gasteiger partial charge in [0.15, 0.2) is 0 Å². The first-order valence-corrected chi connectivity index (χ1v) is 6.96. The van der Waals surface area contributed by atoms with Crippen LogP contribution in [0.4, 0.5) is 5.95 Å². The fourth-order valence-electron chi connectivity index (χ4n) is 2.03. The van der Waals surface area contributed by atoms with Crippen molar-refractivity contribution < 1.29 is 0 Å². The molecular weight excluding hydrogens is 248 g/mol. The topological polar surface area (TPSA) is 55.0 Å². The number of benzene rings is 1. The molecule has 106 valence electrons. The summed E-state index contributed by atoms with van der Waals surface area (Å²) in [7, 11) is 1.95. The van der Waals surface area contributed by atoms with Crippen molar-refractivity contribution in [3.63, 3.8) is 0 Å². The van der Waals surface area contributed by atoms with Gasteiger partial charge in [-0.15, -0.1) is 0 Å².